The van der Waals surface area contributed by atoms with E-state index in [-0.39, 0.29) is 16.9 Å². The number of hydrazone groups is 1. The maximum absolute atomic E-state index is 12.2. The lowest BCUT2D eigenvalue weighted by molar-refractivity contribution is -0.385. The Hall–Kier alpha value is -3.94. The average Bonchev–Trinajstić information content (AvgIpc) is 2.62. The van der Waals surface area contributed by atoms with Crippen LogP contribution in [0, 0.1) is 10.1 Å². The topological polar surface area (TPSA) is 125 Å². The zero-order valence-electron chi connectivity index (χ0n) is 13.3. The molecule has 26 heavy (non-hydrogen) atoms. The Morgan fingerprint density at radius 2 is 1.77 bits per heavy atom. The number of benzene rings is 3. The molecule has 0 saturated carbocycles. The fraction of sp³-hybridized carbons (Fsp3) is 0. The Morgan fingerprint density at radius 3 is 2.46 bits per heavy atom. The second-order valence-electron chi connectivity index (χ2n) is 5.39. The number of carbonyl (C=O) groups excluding carboxylic acids is 1. The number of nitrogens with one attached hydrogen (secondary N) is 1. The Morgan fingerprint density at radius 1 is 1.08 bits per heavy atom. The Balaban J connectivity index is 1.81. The molecule has 3 rings (SSSR count). The minimum atomic E-state index is -0.724. The van der Waals surface area contributed by atoms with Crippen LogP contribution in [0.3, 0.4) is 0 Å². The highest BCUT2D eigenvalue weighted by Crippen LogP contribution is 2.28. The predicted octanol–water partition coefficient (Wildman–Crippen LogP) is 2.92. The van der Waals surface area contributed by atoms with E-state index in [1.54, 1.807) is 12.1 Å². The number of phenols is 2. The van der Waals surface area contributed by atoms with Gasteiger partial charge < -0.3 is 10.2 Å². The van der Waals surface area contributed by atoms with Gasteiger partial charge in [-0.05, 0) is 29.0 Å². The van der Waals surface area contributed by atoms with E-state index in [0.29, 0.717) is 0 Å². The molecule has 3 N–H and O–H groups in total. The first kappa shape index (κ1) is 16.9. The number of amides is 1. The molecule has 0 aromatic heterocycles. The van der Waals surface area contributed by atoms with Gasteiger partial charge in [0.2, 0.25) is 5.75 Å². The van der Waals surface area contributed by atoms with E-state index in [0.717, 1.165) is 23.1 Å². The number of nitrogens with zero attached hydrogens (tertiary/aromatic N) is 2. The van der Waals surface area contributed by atoms with Crippen molar-refractivity contribution < 1.29 is 19.9 Å². The molecule has 8 nitrogen and oxygen atoms in total. The predicted molar refractivity (Wildman–Crippen MR) is 95.4 cm³/mol. The number of hydrogen-bond acceptors (Lipinski definition) is 6. The first-order chi connectivity index (χ1) is 12.5. The van der Waals surface area contributed by atoms with Gasteiger partial charge in [0.1, 0.15) is 5.75 Å². The molecule has 0 aliphatic carbocycles. The van der Waals surface area contributed by atoms with Crippen molar-refractivity contribution in [2.45, 2.75) is 0 Å². The molecule has 0 aliphatic heterocycles. The quantitative estimate of drug-likeness (QED) is 0.378. The van der Waals surface area contributed by atoms with Crippen LogP contribution in [0.25, 0.3) is 10.8 Å². The molecule has 0 radical (unpaired) electrons. The smallest absolute Gasteiger partial charge is 0.311 e. The molecule has 0 unspecified atom stereocenters. The van der Waals surface area contributed by atoms with E-state index >= 15 is 0 Å². The number of aromatic hydroxyl groups is 2. The van der Waals surface area contributed by atoms with E-state index in [1.807, 2.05) is 12.1 Å². The largest absolute Gasteiger partial charge is 0.507 e. The number of fused-ring (bicyclic) bond motifs is 1. The fourth-order valence-electron chi connectivity index (χ4n) is 2.43. The molecule has 3 aromatic rings. The Bertz CT molecular complexity index is 1050. The number of rotatable bonds is 4. The van der Waals surface area contributed by atoms with Gasteiger partial charge in [0.05, 0.1) is 16.7 Å². The number of phenolic OH excluding ortho intramolecular Hbond substituents is 2. The summed E-state index contributed by atoms with van der Waals surface area (Å²) in [7, 11) is 0. The van der Waals surface area contributed by atoms with E-state index in [4.69, 9.17) is 0 Å². The summed E-state index contributed by atoms with van der Waals surface area (Å²) in [6.45, 7) is 0. The molecular weight excluding hydrogens is 338 g/mol. The van der Waals surface area contributed by atoms with Crippen LogP contribution in [-0.2, 0) is 0 Å². The molecule has 0 aliphatic rings. The molecule has 3 aromatic carbocycles. The van der Waals surface area contributed by atoms with Crippen LogP contribution >= 0.6 is 0 Å². The lowest BCUT2D eigenvalue weighted by atomic mass is 10.1. The summed E-state index contributed by atoms with van der Waals surface area (Å²) in [4.78, 5) is 22.3. The minimum absolute atomic E-state index is 0.0316. The van der Waals surface area contributed by atoms with Crippen molar-refractivity contribution >= 4 is 28.6 Å². The van der Waals surface area contributed by atoms with Crippen molar-refractivity contribution in [2.24, 2.45) is 5.10 Å². The highest BCUT2D eigenvalue weighted by Gasteiger charge is 2.15. The SMILES string of the molecule is O=C(N/N=C/c1cccc([N+](=O)[O-])c1O)c1cc2ccccc2cc1O. The molecule has 0 bridgehead atoms. The Kier molecular flexibility index (Phi) is 4.48. The van der Waals surface area contributed by atoms with Crippen LogP contribution in [0.15, 0.2) is 59.7 Å². The highest BCUT2D eigenvalue weighted by atomic mass is 16.6. The van der Waals surface area contributed by atoms with Crippen molar-refractivity contribution in [2.75, 3.05) is 0 Å². The summed E-state index contributed by atoms with van der Waals surface area (Å²) < 4.78 is 0. The normalized spacial score (nSPS) is 10.9. The van der Waals surface area contributed by atoms with Gasteiger partial charge in [-0.3, -0.25) is 14.9 Å². The van der Waals surface area contributed by atoms with Crippen molar-refractivity contribution in [3.63, 3.8) is 0 Å². The van der Waals surface area contributed by atoms with Crippen LogP contribution in [0.4, 0.5) is 5.69 Å². The minimum Gasteiger partial charge on any atom is -0.507 e. The number of hydrogen-bond donors (Lipinski definition) is 3. The standard InChI is InChI=1S/C18H13N3O5/c22-16-9-12-5-2-1-4-11(12)8-14(16)18(24)20-19-10-13-6-3-7-15(17(13)23)21(25)26/h1-10,22-23H,(H,20,24)/b19-10+. The number of carbonyl (C=O) groups is 1. The van der Waals surface area contributed by atoms with Gasteiger partial charge in [-0.25, -0.2) is 5.43 Å². The van der Waals surface area contributed by atoms with Crippen LogP contribution in [0.1, 0.15) is 15.9 Å². The molecule has 0 fully saturated rings. The lowest BCUT2D eigenvalue weighted by Gasteiger charge is -2.06. The molecule has 130 valence electrons. The zero-order chi connectivity index (χ0) is 18.7. The summed E-state index contributed by atoms with van der Waals surface area (Å²) in [6.07, 6.45) is 1.08. The Labute approximate surface area is 147 Å². The fourth-order valence-corrected chi connectivity index (χ4v) is 2.43. The number of nitro groups is 1. The van der Waals surface area contributed by atoms with Crippen molar-refractivity contribution in [3.05, 3.63) is 75.8 Å². The zero-order valence-corrected chi connectivity index (χ0v) is 13.3. The molecule has 0 atom stereocenters. The second kappa shape index (κ2) is 6.89. The summed E-state index contributed by atoms with van der Waals surface area (Å²) in [5.74, 6) is -1.41. The molecule has 1 amide bonds. The lowest BCUT2D eigenvalue weighted by Crippen LogP contribution is -2.17. The average molecular weight is 351 g/mol. The summed E-state index contributed by atoms with van der Waals surface area (Å²) in [5.41, 5.74) is 1.86. The third-order valence-corrected chi connectivity index (χ3v) is 3.72. The van der Waals surface area contributed by atoms with Crippen molar-refractivity contribution in [1.82, 2.24) is 5.43 Å². The first-order valence-electron chi connectivity index (χ1n) is 7.49. The molecule has 0 saturated heterocycles. The van der Waals surface area contributed by atoms with E-state index in [2.05, 4.69) is 10.5 Å². The summed E-state index contributed by atoms with van der Waals surface area (Å²) in [5, 5.41) is 35.9. The third kappa shape index (κ3) is 3.29. The molecule has 0 spiro atoms. The summed E-state index contributed by atoms with van der Waals surface area (Å²) >= 11 is 0. The maximum atomic E-state index is 12.2. The number of nitro benzene ring substituents is 1. The van der Waals surface area contributed by atoms with Crippen molar-refractivity contribution in [1.29, 1.82) is 0 Å². The number of para-hydroxylation sites is 1. The van der Waals surface area contributed by atoms with Crippen LogP contribution in [-0.4, -0.2) is 27.3 Å². The van der Waals surface area contributed by atoms with Crippen LogP contribution < -0.4 is 5.43 Å². The monoisotopic (exact) mass is 351 g/mol. The van der Waals surface area contributed by atoms with Gasteiger partial charge in [-0.2, -0.15) is 5.10 Å². The van der Waals surface area contributed by atoms with Gasteiger partial charge in [0.25, 0.3) is 5.91 Å². The second-order valence-corrected chi connectivity index (χ2v) is 5.39. The van der Waals surface area contributed by atoms with Gasteiger partial charge in [0.15, 0.2) is 0 Å². The van der Waals surface area contributed by atoms with Crippen LogP contribution in [0.5, 0.6) is 11.5 Å². The van der Waals surface area contributed by atoms with Gasteiger partial charge in [-0.1, -0.05) is 30.3 Å². The van der Waals surface area contributed by atoms with Gasteiger partial charge in [0, 0.05) is 11.6 Å². The van der Waals surface area contributed by atoms with E-state index in [9.17, 15) is 25.1 Å². The van der Waals surface area contributed by atoms with E-state index < -0.39 is 22.3 Å². The molecule has 0 heterocycles. The third-order valence-electron chi connectivity index (χ3n) is 3.72. The van der Waals surface area contributed by atoms with Gasteiger partial charge in [-0.15, -0.1) is 0 Å². The van der Waals surface area contributed by atoms with Gasteiger partial charge >= 0.3 is 5.69 Å². The summed E-state index contributed by atoms with van der Waals surface area (Å²) in [6, 6.07) is 14.2. The van der Waals surface area contributed by atoms with E-state index in [1.165, 1.54) is 24.3 Å². The highest BCUT2D eigenvalue weighted by molar-refractivity contribution is 6.01. The molecule has 8 heteroatoms. The maximum Gasteiger partial charge on any atom is 0.311 e. The molecular formula is C18H13N3O5. The first-order valence-corrected chi connectivity index (χ1v) is 7.49. The van der Waals surface area contributed by atoms with Crippen molar-refractivity contribution in [3.8, 4) is 11.5 Å². The van der Waals surface area contributed by atoms with Crippen LogP contribution in [0.2, 0.25) is 0 Å².